The molecule has 1 atom stereocenters. The number of hydrogen-bond acceptors (Lipinski definition) is 7. The van der Waals surface area contributed by atoms with Crippen molar-refractivity contribution in [2.24, 2.45) is 5.41 Å². The second-order valence-corrected chi connectivity index (χ2v) is 8.22. The Labute approximate surface area is 202 Å². The summed E-state index contributed by atoms with van der Waals surface area (Å²) in [6.45, 7) is 2.58. The van der Waals surface area contributed by atoms with Crippen LogP contribution in [0.4, 0.5) is 4.39 Å². The number of likely N-dealkylation sites (tertiary alicyclic amines) is 1. The van der Waals surface area contributed by atoms with E-state index in [1.165, 1.54) is 7.11 Å². The number of amides is 1. The Balaban J connectivity index is 1.48. The number of carbonyl (C=O) groups is 2. The highest BCUT2D eigenvalue weighted by molar-refractivity contribution is 5.97. The van der Waals surface area contributed by atoms with Crippen LogP contribution in [0.5, 0.6) is 11.5 Å². The second kappa shape index (κ2) is 10.5. The van der Waals surface area contributed by atoms with Crippen LogP contribution in [-0.2, 0) is 9.53 Å². The average Bonchev–Trinajstić information content (AvgIpc) is 3.34. The molecular formula is C26H26FN3O5. The highest BCUT2D eigenvalue weighted by Gasteiger charge is 2.48. The van der Waals surface area contributed by atoms with E-state index >= 15 is 0 Å². The average molecular weight is 480 g/mol. The Morgan fingerprint density at radius 1 is 1.09 bits per heavy atom. The molecule has 1 saturated heterocycles. The van der Waals surface area contributed by atoms with Gasteiger partial charge in [0.15, 0.2) is 11.6 Å². The van der Waals surface area contributed by atoms with Gasteiger partial charge in [0.05, 0.1) is 31.7 Å². The fraction of sp³-hybridized carbons (Fsp3) is 0.308. The van der Waals surface area contributed by atoms with E-state index in [-0.39, 0.29) is 25.7 Å². The van der Waals surface area contributed by atoms with Crippen LogP contribution in [0.3, 0.4) is 0 Å². The summed E-state index contributed by atoms with van der Waals surface area (Å²) in [5.41, 5.74) is 0.146. The van der Waals surface area contributed by atoms with Gasteiger partial charge in [-0.05, 0) is 49.7 Å². The molecule has 1 amide bonds. The smallest absolute Gasteiger partial charge is 0.317 e. The van der Waals surface area contributed by atoms with Gasteiger partial charge in [-0.1, -0.05) is 12.1 Å². The molecule has 35 heavy (non-hydrogen) atoms. The summed E-state index contributed by atoms with van der Waals surface area (Å²) in [6, 6.07) is 14.0. The minimum atomic E-state index is -0.994. The minimum absolute atomic E-state index is 0.0495. The van der Waals surface area contributed by atoms with Crippen LogP contribution in [0.15, 0.2) is 60.9 Å². The maximum absolute atomic E-state index is 13.2. The lowest BCUT2D eigenvalue weighted by Crippen LogP contribution is -2.42. The summed E-state index contributed by atoms with van der Waals surface area (Å²) < 4.78 is 29.7. The number of rotatable bonds is 8. The van der Waals surface area contributed by atoms with Gasteiger partial charge in [-0.2, -0.15) is 0 Å². The molecule has 2 heterocycles. The third-order valence-electron chi connectivity index (χ3n) is 5.93. The number of nitrogens with zero attached hydrogens (tertiary/aromatic N) is 3. The first-order valence-corrected chi connectivity index (χ1v) is 11.3. The SMILES string of the molecule is CCOC(=O)C1(COc2ccc(-c3ncc(F)cn3)cc2)CCN(C(=O)c2ccccc2OC)C1. The Morgan fingerprint density at radius 2 is 1.80 bits per heavy atom. The van der Waals surface area contributed by atoms with E-state index in [4.69, 9.17) is 14.2 Å². The van der Waals surface area contributed by atoms with Crippen molar-refractivity contribution in [3.05, 3.63) is 72.3 Å². The Kier molecular flexibility index (Phi) is 7.24. The molecule has 0 bridgehead atoms. The molecular weight excluding hydrogens is 453 g/mol. The quantitative estimate of drug-likeness (QED) is 0.454. The number of aromatic nitrogens is 2. The third-order valence-corrected chi connectivity index (χ3v) is 5.93. The molecule has 1 fully saturated rings. The van der Waals surface area contributed by atoms with E-state index in [2.05, 4.69) is 9.97 Å². The zero-order valence-electron chi connectivity index (χ0n) is 19.6. The lowest BCUT2D eigenvalue weighted by molar-refractivity contribution is -0.156. The molecule has 3 aromatic rings. The predicted octanol–water partition coefficient (Wildman–Crippen LogP) is 3.77. The number of carbonyl (C=O) groups excluding carboxylic acids is 2. The van der Waals surface area contributed by atoms with E-state index in [0.717, 1.165) is 12.4 Å². The first-order chi connectivity index (χ1) is 17.0. The summed E-state index contributed by atoms with van der Waals surface area (Å²) in [7, 11) is 1.51. The van der Waals surface area contributed by atoms with Crippen molar-refractivity contribution in [2.45, 2.75) is 13.3 Å². The number of ether oxygens (including phenoxy) is 3. The molecule has 8 nitrogen and oxygen atoms in total. The number of methoxy groups -OCH3 is 1. The highest BCUT2D eigenvalue weighted by atomic mass is 19.1. The molecule has 1 aromatic heterocycles. The van der Waals surface area contributed by atoms with Crippen molar-refractivity contribution in [3.63, 3.8) is 0 Å². The van der Waals surface area contributed by atoms with Crippen LogP contribution < -0.4 is 9.47 Å². The van der Waals surface area contributed by atoms with E-state index in [0.29, 0.717) is 41.4 Å². The molecule has 0 radical (unpaired) electrons. The molecule has 4 rings (SSSR count). The van der Waals surface area contributed by atoms with Gasteiger partial charge in [-0.15, -0.1) is 0 Å². The van der Waals surface area contributed by atoms with Crippen LogP contribution >= 0.6 is 0 Å². The van der Waals surface area contributed by atoms with Crippen LogP contribution in [0.25, 0.3) is 11.4 Å². The topological polar surface area (TPSA) is 90.9 Å². The van der Waals surface area contributed by atoms with Crippen LogP contribution in [0.2, 0.25) is 0 Å². The Morgan fingerprint density at radius 3 is 2.49 bits per heavy atom. The van der Waals surface area contributed by atoms with Crippen molar-refractivity contribution >= 4 is 11.9 Å². The van der Waals surface area contributed by atoms with E-state index in [1.54, 1.807) is 60.4 Å². The molecule has 1 aliphatic rings. The number of esters is 1. The van der Waals surface area contributed by atoms with Crippen LogP contribution in [0.1, 0.15) is 23.7 Å². The van der Waals surface area contributed by atoms with Gasteiger partial charge in [-0.25, -0.2) is 14.4 Å². The minimum Gasteiger partial charge on any atom is -0.496 e. The van der Waals surface area contributed by atoms with Crippen LogP contribution in [0, 0.1) is 11.2 Å². The number of para-hydroxylation sites is 1. The van der Waals surface area contributed by atoms with Gasteiger partial charge in [-0.3, -0.25) is 9.59 Å². The van der Waals surface area contributed by atoms with Gasteiger partial charge >= 0.3 is 5.97 Å². The molecule has 9 heteroatoms. The van der Waals surface area contributed by atoms with E-state index in [9.17, 15) is 14.0 Å². The summed E-state index contributed by atoms with van der Waals surface area (Å²) in [6.07, 6.45) is 2.62. The molecule has 0 aliphatic carbocycles. The largest absolute Gasteiger partial charge is 0.496 e. The lowest BCUT2D eigenvalue weighted by Gasteiger charge is -2.27. The highest BCUT2D eigenvalue weighted by Crippen LogP contribution is 2.35. The molecule has 0 spiro atoms. The van der Waals surface area contributed by atoms with E-state index < -0.39 is 17.2 Å². The maximum atomic E-state index is 13.2. The van der Waals surface area contributed by atoms with Crippen molar-refractivity contribution in [3.8, 4) is 22.9 Å². The monoisotopic (exact) mass is 479 g/mol. The fourth-order valence-electron chi connectivity index (χ4n) is 4.05. The molecule has 1 unspecified atom stereocenters. The lowest BCUT2D eigenvalue weighted by atomic mass is 9.88. The number of hydrogen-bond donors (Lipinski definition) is 0. The number of benzene rings is 2. The Bertz CT molecular complexity index is 1190. The van der Waals surface area contributed by atoms with Crippen molar-refractivity contribution in [1.29, 1.82) is 0 Å². The second-order valence-electron chi connectivity index (χ2n) is 8.22. The zero-order chi connectivity index (χ0) is 24.8. The molecule has 182 valence electrons. The Hall–Kier alpha value is -4.01. The van der Waals surface area contributed by atoms with Gasteiger partial charge in [0.2, 0.25) is 0 Å². The summed E-state index contributed by atoms with van der Waals surface area (Å²) in [5.74, 6) is 0.292. The summed E-state index contributed by atoms with van der Waals surface area (Å²) in [5, 5.41) is 0. The van der Waals surface area contributed by atoms with Crippen molar-refractivity contribution in [1.82, 2.24) is 14.9 Å². The standard InChI is InChI=1S/C26H26FN3O5/c1-3-34-25(32)26(12-13-30(16-26)24(31)21-6-4-5-7-22(21)33-2)17-35-20-10-8-18(9-11-20)23-28-14-19(27)15-29-23/h4-11,14-15H,3,12-13,16-17H2,1-2H3. The fourth-order valence-corrected chi connectivity index (χ4v) is 4.05. The maximum Gasteiger partial charge on any atom is 0.317 e. The normalized spacial score (nSPS) is 17.2. The molecule has 0 saturated carbocycles. The molecule has 2 aromatic carbocycles. The third kappa shape index (κ3) is 5.24. The summed E-state index contributed by atoms with van der Waals surface area (Å²) >= 11 is 0. The summed E-state index contributed by atoms with van der Waals surface area (Å²) in [4.78, 5) is 35.7. The van der Waals surface area contributed by atoms with Crippen molar-refractivity contribution in [2.75, 3.05) is 33.4 Å². The van der Waals surface area contributed by atoms with Crippen LogP contribution in [-0.4, -0.2) is 60.2 Å². The first kappa shape index (κ1) is 24.1. The predicted molar refractivity (Wildman–Crippen MR) is 126 cm³/mol. The van der Waals surface area contributed by atoms with Gasteiger partial charge in [0, 0.05) is 18.7 Å². The van der Waals surface area contributed by atoms with Crippen molar-refractivity contribution < 1.29 is 28.2 Å². The van der Waals surface area contributed by atoms with E-state index in [1.807, 2.05) is 0 Å². The molecule has 0 N–H and O–H groups in total. The van der Waals surface area contributed by atoms with Gasteiger partial charge in [0.25, 0.3) is 5.91 Å². The number of halogens is 1. The molecule has 1 aliphatic heterocycles. The first-order valence-electron chi connectivity index (χ1n) is 11.3. The van der Waals surface area contributed by atoms with Gasteiger partial charge < -0.3 is 19.1 Å². The van der Waals surface area contributed by atoms with Gasteiger partial charge in [0.1, 0.15) is 23.5 Å². The zero-order valence-corrected chi connectivity index (χ0v) is 19.6.